The molecule has 170 valence electrons. The molecule has 1 heterocycles. The smallest absolute Gasteiger partial charge is 0.174 e. The van der Waals surface area contributed by atoms with Crippen molar-refractivity contribution in [1.29, 1.82) is 0 Å². The van der Waals surface area contributed by atoms with Gasteiger partial charge in [-0.25, -0.2) is 0 Å². The lowest BCUT2D eigenvalue weighted by molar-refractivity contribution is 0.0838. The number of rotatable bonds is 7. The quantitative estimate of drug-likeness (QED) is 0.486. The van der Waals surface area contributed by atoms with Crippen LogP contribution in [0.5, 0.6) is 28.7 Å². The van der Waals surface area contributed by atoms with Crippen LogP contribution in [0.2, 0.25) is 0 Å². The molecule has 6 heteroatoms. The van der Waals surface area contributed by atoms with Crippen molar-refractivity contribution in [1.82, 2.24) is 0 Å². The maximum absolute atomic E-state index is 13.0. The molecular weight excluding hydrogens is 408 g/mol. The molecule has 0 saturated carbocycles. The van der Waals surface area contributed by atoms with Crippen LogP contribution in [0.1, 0.15) is 61.2 Å². The van der Waals surface area contributed by atoms with Crippen molar-refractivity contribution in [3.05, 3.63) is 64.8 Å². The lowest BCUT2D eigenvalue weighted by atomic mass is 9.86. The first-order valence-electron chi connectivity index (χ1n) is 10.6. The number of hydrogen-bond acceptors (Lipinski definition) is 6. The molecule has 0 bridgehead atoms. The minimum absolute atomic E-state index is 0.00636. The third kappa shape index (κ3) is 4.74. The van der Waals surface area contributed by atoms with Crippen molar-refractivity contribution >= 4 is 5.78 Å². The molecule has 2 aromatic rings. The van der Waals surface area contributed by atoms with Crippen LogP contribution in [0.3, 0.4) is 0 Å². The largest absolute Gasteiger partial charge is 0.508 e. The maximum Gasteiger partial charge on any atom is 0.174 e. The lowest BCUT2D eigenvalue weighted by Crippen LogP contribution is -2.23. The predicted octanol–water partition coefficient (Wildman–Crippen LogP) is 5.61. The van der Waals surface area contributed by atoms with Crippen LogP contribution in [-0.4, -0.2) is 28.2 Å². The average molecular weight is 439 g/mol. The molecular formula is C26H30O6. The van der Waals surface area contributed by atoms with Gasteiger partial charge in [0.25, 0.3) is 0 Å². The fourth-order valence-corrected chi connectivity index (χ4v) is 3.95. The number of aromatic hydroxyl groups is 3. The Hall–Kier alpha value is -3.41. The number of phenolic OH excluding ortho intramolecular Hbond substituents is 3. The minimum Gasteiger partial charge on any atom is -0.508 e. The van der Waals surface area contributed by atoms with E-state index >= 15 is 0 Å². The first-order valence-corrected chi connectivity index (χ1v) is 10.6. The lowest BCUT2D eigenvalue weighted by Gasteiger charge is -2.30. The van der Waals surface area contributed by atoms with E-state index in [9.17, 15) is 20.1 Å². The van der Waals surface area contributed by atoms with Gasteiger partial charge in [0.1, 0.15) is 40.4 Å². The molecule has 2 atom stereocenters. The van der Waals surface area contributed by atoms with Crippen LogP contribution in [0.15, 0.2) is 48.1 Å². The zero-order valence-electron chi connectivity index (χ0n) is 18.9. The summed E-state index contributed by atoms with van der Waals surface area (Å²) in [4.78, 5) is 13.0. The monoisotopic (exact) mass is 438 g/mol. The van der Waals surface area contributed by atoms with Gasteiger partial charge >= 0.3 is 0 Å². The van der Waals surface area contributed by atoms with Crippen LogP contribution in [-0.2, 0) is 6.42 Å². The van der Waals surface area contributed by atoms with Gasteiger partial charge in [0.2, 0.25) is 0 Å². The fraction of sp³-hybridized carbons (Fsp3) is 0.346. The van der Waals surface area contributed by atoms with Gasteiger partial charge in [-0.05, 0) is 51.7 Å². The number of carbonyl (C=O) groups is 1. The van der Waals surface area contributed by atoms with E-state index in [0.717, 1.165) is 12.0 Å². The molecule has 0 saturated heterocycles. The Balaban J connectivity index is 2.07. The second-order valence-corrected chi connectivity index (χ2v) is 8.52. The van der Waals surface area contributed by atoms with Gasteiger partial charge in [-0.2, -0.15) is 0 Å². The molecule has 2 aromatic carbocycles. The molecule has 6 nitrogen and oxygen atoms in total. The van der Waals surface area contributed by atoms with Crippen LogP contribution in [0.25, 0.3) is 0 Å². The fourth-order valence-electron chi connectivity index (χ4n) is 3.95. The Labute approximate surface area is 188 Å². The molecule has 0 aliphatic carbocycles. The average Bonchev–Trinajstić information content (AvgIpc) is 2.71. The second-order valence-electron chi connectivity index (χ2n) is 8.52. The summed E-state index contributed by atoms with van der Waals surface area (Å²) in [5, 5.41) is 30.8. The molecule has 0 spiro atoms. The summed E-state index contributed by atoms with van der Waals surface area (Å²) in [6, 6.07) is 5.80. The van der Waals surface area contributed by atoms with Gasteiger partial charge < -0.3 is 24.8 Å². The highest BCUT2D eigenvalue weighted by molar-refractivity contribution is 6.03. The minimum atomic E-state index is -0.688. The molecule has 3 rings (SSSR count). The van der Waals surface area contributed by atoms with E-state index in [2.05, 4.69) is 12.7 Å². The molecule has 0 radical (unpaired) electrons. The van der Waals surface area contributed by atoms with Crippen molar-refractivity contribution < 1.29 is 29.6 Å². The van der Waals surface area contributed by atoms with Crippen LogP contribution < -0.4 is 9.47 Å². The Bertz CT molecular complexity index is 1080. The first kappa shape index (κ1) is 23.3. The first-order chi connectivity index (χ1) is 15.1. The van der Waals surface area contributed by atoms with Crippen molar-refractivity contribution in [3.63, 3.8) is 0 Å². The van der Waals surface area contributed by atoms with Gasteiger partial charge in [0.05, 0.1) is 13.5 Å². The Morgan fingerprint density at radius 3 is 2.56 bits per heavy atom. The molecule has 0 fully saturated rings. The summed E-state index contributed by atoms with van der Waals surface area (Å²) in [7, 11) is 1.47. The zero-order valence-corrected chi connectivity index (χ0v) is 18.9. The maximum atomic E-state index is 13.0. The molecule has 3 N–H and O–H groups in total. The SMILES string of the molecule is C=C(C)[C@@H](CC=C(C)C)Cc1c(O)cc(O)c2c1O[C@H](c1ccc(O)cc1OC)CC2=O. The number of carbonyl (C=O) groups excluding carboxylic acids is 1. The molecule has 0 aromatic heterocycles. The van der Waals surface area contributed by atoms with Gasteiger partial charge in [-0.3, -0.25) is 4.79 Å². The van der Waals surface area contributed by atoms with E-state index in [1.807, 2.05) is 20.8 Å². The Morgan fingerprint density at radius 1 is 1.22 bits per heavy atom. The Kier molecular flexibility index (Phi) is 6.82. The van der Waals surface area contributed by atoms with Crippen molar-refractivity contribution in [2.45, 2.75) is 46.1 Å². The van der Waals surface area contributed by atoms with Crippen LogP contribution in [0.4, 0.5) is 0 Å². The van der Waals surface area contributed by atoms with Crippen LogP contribution in [0, 0.1) is 5.92 Å². The van der Waals surface area contributed by atoms with E-state index < -0.39 is 6.10 Å². The summed E-state index contributed by atoms with van der Waals surface area (Å²) in [6.45, 7) is 10.1. The number of ether oxygens (including phenoxy) is 2. The van der Waals surface area contributed by atoms with Gasteiger partial charge in [0.15, 0.2) is 5.78 Å². The summed E-state index contributed by atoms with van der Waals surface area (Å²) in [5.41, 5.74) is 3.26. The number of ketones is 1. The van der Waals surface area contributed by atoms with Crippen molar-refractivity contribution in [2.24, 2.45) is 5.92 Å². The molecule has 1 aliphatic heterocycles. The number of methoxy groups -OCH3 is 1. The van der Waals surface area contributed by atoms with E-state index in [4.69, 9.17) is 9.47 Å². The van der Waals surface area contributed by atoms with Gasteiger partial charge in [-0.15, -0.1) is 0 Å². The number of benzene rings is 2. The van der Waals surface area contributed by atoms with E-state index in [0.29, 0.717) is 23.3 Å². The molecule has 0 amide bonds. The third-order valence-corrected chi connectivity index (χ3v) is 5.77. The Morgan fingerprint density at radius 2 is 1.94 bits per heavy atom. The number of Topliss-reactive ketones (excluding diaryl/α,β-unsaturated/α-hetero) is 1. The molecule has 1 aliphatic rings. The van der Waals surface area contributed by atoms with Crippen molar-refractivity contribution in [3.8, 4) is 28.7 Å². The number of allylic oxidation sites excluding steroid dienone is 3. The standard InChI is InChI=1S/C26H30O6/c1-14(2)6-7-16(15(3)4)10-19-20(28)12-21(29)25-22(30)13-24(32-26(19)25)18-9-8-17(27)11-23(18)31-5/h6,8-9,11-12,16,24,27-29H,3,7,10,13H2,1-2,4-5H3/t16-,24-/m0/s1. The number of hydrogen-bond donors (Lipinski definition) is 3. The second kappa shape index (κ2) is 9.39. The third-order valence-electron chi connectivity index (χ3n) is 5.77. The highest BCUT2D eigenvalue weighted by Crippen LogP contribution is 2.47. The van der Waals surface area contributed by atoms with E-state index in [-0.39, 0.29) is 46.7 Å². The van der Waals surface area contributed by atoms with E-state index in [1.165, 1.54) is 30.9 Å². The van der Waals surface area contributed by atoms with Gasteiger partial charge in [-0.1, -0.05) is 23.8 Å². The number of fused-ring (bicyclic) bond motifs is 1. The van der Waals surface area contributed by atoms with Gasteiger partial charge in [0, 0.05) is 23.3 Å². The van der Waals surface area contributed by atoms with E-state index in [1.54, 1.807) is 6.07 Å². The summed E-state index contributed by atoms with van der Waals surface area (Å²) in [5.74, 6) is -0.0991. The predicted molar refractivity (Wildman–Crippen MR) is 123 cm³/mol. The highest BCUT2D eigenvalue weighted by atomic mass is 16.5. The molecule has 0 unspecified atom stereocenters. The summed E-state index contributed by atoms with van der Waals surface area (Å²) >= 11 is 0. The van der Waals surface area contributed by atoms with Crippen molar-refractivity contribution in [2.75, 3.05) is 7.11 Å². The summed E-state index contributed by atoms with van der Waals surface area (Å²) in [6.07, 6.45) is 2.55. The van der Waals surface area contributed by atoms with Crippen LogP contribution >= 0.6 is 0 Å². The normalized spacial score (nSPS) is 16.0. The molecule has 32 heavy (non-hydrogen) atoms. The summed E-state index contributed by atoms with van der Waals surface area (Å²) < 4.78 is 11.6. The number of phenols is 3. The topological polar surface area (TPSA) is 96.2 Å². The highest BCUT2D eigenvalue weighted by Gasteiger charge is 2.35. The zero-order chi connectivity index (χ0) is 23.6.